The molecule has 3 aromatic rings. The highest BCUT2D eigenvalue weighted by Gasteiger charge is 2.16. The van der Waals surface area contributed by atoms with Gasteiger partial charge in [-0.05, 0) is 36.8 Å². The van der Waals surface area contributed by atoms with Crippen LogP contribution in [-0.2, 0) is 6.54 Å². The average Bonchev–Trinajstić information content (AvgIpc) is 2.82. The van der Waals surface area contributed by atoms with E-state index in [0.717, 1.165) is 22.6 Å². The number of alkyl halides is 1. The fraction of sp³-hybridized carbons (Fsp3) is 0.200. The van der Waals surface area contributed by atoms with Gasteiger partial charge in [-0.25, -0.2) is 14.4 Å². The van der Waals surface area contributed by atoms with E-state index in [2.05, 4.69) is 9.97 Å². The molecule has 21 heavy (non-hydrogen) atoms. The molecule has 2 aromatic heterocycles. The van der Waals surface area contributed by atoms with Crippen LogP contribution in [0, 0.1) is 5.82 Å². The Kier molecular flexibility index (Phi) is 3.83. The summed E-state index contributed by atoms with van der Waals surface area (Å²) in [6.45, 7) is 2.34. The number of fused-ring (bicyclic) bond motifs is 1. The lowest BCUT2D eigenvalue weighted by molar-refractivity contribution is 0.626. The monoisotopic (exact) mass is 323 g/mol. The predicted octanol–water partition coefficient (Wildman–Crippen LogP) is 4.57. The molecule has 0 fully saturated rings. The lowest BCUT2D eigenvalue weighted by Gasteiger charge is -2.10. The van der Waals surface area contributed by atoms with Crippen LogP contribution in [0.15, 0.2) is 36.5 Å². The van der Waals surface area contributed by atoms with Crippen LogP contribution in [0.4, 0.5) is 4.39 Å². The highest BCUT2D eigenvalue weighted by Crippen LogP contribution is 2.25. The van der Waals surface area contributed by atoms with E-state index in [1.54, 1.807) is 18.3 Å². The van der Waals surface area contributed by atoms with Gasteiger partial charge in [0, 0.05) is 6.20 Å². The van der Waals surface area contributed by atoms with Crippen molar-refractivity contribution >= 4 is 34.4 Å². The molecule has 0 saturated heterocycles. The summed E-state index contributed by atoms with van der Waals surface area (Å²) in [6, 6.07) is 8.37. The molecule has 0 saturated carbocycles. The highest BCUT2D eigenvalue weighted by atomic mass is 35.5. The Balaban J connectivity index is 2.10. The molecule has 1 atom stereocenters. The maximum Gasteiger partial charge on any atom is 0.160 e. The summed E-state index contributed by atoms with van der Waals surface area (Å²) >= 11 is 12.0. The van der Waals surface area contributed by atoms with Gasteiger partial charge in [0.05, 0.1) is 16.9 Å². The fourth-order valence-corrected chi connectivity index (χ4v) is 2.63. The second-order valence-corrected chi connectivity index (χ2v) is 5.83. The van der Waals surface area contributed by atoms with E-state index in [-0.39, 0.29) is 10.4 Å². The summed E-state index contributed by atoms with van der Waals surface area (Å²) in [4.78, 5) is 8.86. The van der Waals surface area contributed by atoms with Crippen molar-refractivity contribution in [1.29, 1.82) is 0 Å². The third-order valence-corrected chi connectivity index (χ3v) is 3.70. The zero-order chi connectivity index (χ0) is 15.0. The van der Waals surface area contributed by atoms with Gasteiger partial charge in [0.1, 0.15) is 17.2 Å². The van der Waals surface area contributed by atoms with E-state index in [0.29, 0.717) is 6.54 Å². The van der Waals surface area contributed by atoms with Gasteiger partial charge in [-0.3, -0.25) is 0 Å². The second kappa shape index (κ2) is 5.62. The molecule has 0 amide bonds. The molecule has 0 spiro atoms. The first-order chi connectivity index (χ1) is 10.1. The van der Waals surface area contributed by atoms with Gasteiger partial charge in [0.25, 0.3) is 0 Å². The smallest absolute Gasteiger partial charge is 0.160 e. The van der Waals surface area contributed by atoms with Crippen LogP contribution >= 0.6 is 23.2 Å². The summed E-state index contributed by atoms with van der Waals surface area (Å²) in [5.74, 6) is 0.297. The number of aromatic nitrogens is 3. The first-order valence-corrected chi connectivity index (χ1v) is 7.27. The minimum absolute atomic E-state index is 0.102. The number of imidazole rings is 1. The molecule has 3 nitrogen and oxygen atoms in total. The Morgan fingerprint density at radius 2 is 2.14 bits per heavy atom. The predicted molar refractivity (Wildman–Crippen MR) is 82.3 cm³/mol. The summed E-state index contributed by atoms with van der Waals surface area (Å²) in [5.41, 5.74) is 2.40. The number of halogens is 3. The Morgan fingerprint density at radius 3 is 2.86 bits per heavy atom. The molecule has 6 heteroatoms. The maximum absolute atomic E-state index is 13.3. The lowest BCUT2D eigenvalue weighted by Crippen LogP contribution is -2.06. The Labute approximate surface area is 131 Å². The van der Waals surface area contributed by atoms with Gasteiger partial charge in [-0.15, -0.1) is 11.6 Å². The van der Waals surface area contributed by atoms with Gasteiger partial charge in [-0.1, -0.05) is 17.7 Å². The molecule has 0 aliphatic rings. The van der Waals surface area contributed by atoms with Gasteiger partial charge < -0.3 is 4.57 Å². The Bertz CT molecular complexity index is 799. The van der Waals surface area contributed by atoms with Gasteiger partial charge in [0.15, 0.2) is 5.65 Å². The number of benzene rings is 1. The third-order valence-electron chi connectivity index (χ3n) is 3.21. The van der Waals surface area contributed by atoms with Crippen LogP contribution in [0.5, 0.6) is 0 Å². The quantitative estimate of drug-likeness (QED) is 0.661. The van der Waals surface area contributed by atoms with E-state index < -0.39 is 5.82 Å². The lowest BCUT2D eigenvalue weighted by atomic mass is 10.2. The van der Waals surface area contributed by atoms with Crippen molar-refractivity contribution in [2.45, 2.75) is 18.8 Å². The summed E-state index contributed by atoms with van der Waals surface area (Å²) in [7, 11) is 0. The molecular weight excluding hydrogens is 312 g/mol. The molecule has 108 valence electrons. The van der Waals surface area contributed by atoms with Crippen LogP contribution in [0.3, 0.4) is 0 Å². The number of hydrogen-bond acceptors (Lipinski definition) is 2. The second-order valence-electron chi connectivity index (χ2n) is 4.77. The molecule has 2 heterocycles. The number of hydrogen-bond donors (Lipinski definition) is 0. The summed E-state index contributed by atoms with van der Waals surface area (Å²) in [6.07, 6.45) is 1.71. The van der Waals surface area contributed by atoms with Gasteiger partial charge in [0.2, 0.25) is 0 Å². The molecule has 0 N–H and O–H groups in total. The molecule has 0 aliphatic heterocycles. The van der Waals surface area contributed by atoms with Crippen molar-refractivity contribution < 1.29 is 4.39 Å². The van der Waals surface area contributed by atoms with Crippen LogP contribution in [0.1, 0.15) is 23.7 Å². The van der Waals surface area contributed by atoms with Crippen molar-refractivity contribution in [2.24, 2.45) is 0 Å². The largest absolute Gasteiger partial charge is 0.307 e. The first kappa shape index (κ1) is 14.3. The van der Waals surface area contributed by atoms with Crippen LogP contribution < -0.4 is 0 Å². The van der Waals surface area contributed by atoms with Crippen molar-refractivity contribution in [2.75, 3.05) is 0 Å². The Morgan fingerprint density at radius 1 is 1.33 bits per heavy atom. The minimum Gasteiger partial charge on any atom is -0.307 e. The van der Waals surface area contributed by atoms with Crippen molar-refractivity contribution in [1.82, 2.24) is 14.5 Å². The summed E-state index contributed by atoms with van der Waals surface area (Å²) < 4.78 is 15.2. The van der Waals surface area contributed by atoms with E-state index in [1.165, 1.54) is 6.07 Å². The van der Waals surface area contributed by atoms with Crippen molar-refractivity contribution in [3.63, 3.8) is 0 Å². The molecular formula is C15H12Cl2FN3. The van der Waals surface area contributed by atoms with Crippen molar-refractivity contribution in [3.8, 4) is 0 Å². The van der Waals surface area contributed by atoms with E-state index in [1.807, 2.05) is 23.6 Å². The van der Waals surface area contributed by atoms with Crippen LogP contribution in [-0.4, -0.2) is 14.5 Å². The molecule has 0 bridgehead atoms. The van der Waals surface area contributed by atoms with Crippen molar-refractivity contribution in [3.05, 3.63) is 58.8 Å². The van der Waals surface area contributed by atoms with Crippen LogP contribution in [0.2, 0.25) is 5.02 Å². The van der Waals surface area contributed by atoms with E-state index in [4.69, 9.17) is 23.2 Å². The Hall–Kier alpha value is -1.65. The number of nitrogens with zero attached hydrogens (tertiary/aromatic N) is 3. The third kappa shape index (κ3) is 2.74. The first-order valence-electron chi connectivity index (χ1n) is 6.45. The molecule has 1 aromatic carbocycles. The normalized spacial score (nSPS) is 12.8. The SMILES string of the molecule is CC(Cl)c1nc2cccnc2n1Cc1ccc(F)c(Cl)c1. The fourth-order valence-electron chi connectivity index (χ4n) is 2.26. The number of rotatable bonds is 3. The standard InChI is InChI=1S/C15H12Cl2FN3/c1-9(16)14-20-13-3-2-6-19-15(13)21(14)8-10-4-5-12(18)11(17)7-10/h2-7,9H,8H2,1H3. The maximum atomic E-state index is 13.3. The molecule has 3 rings (SSSR count). The minimum atomic E-state index is -0.431. The molecule has 1 unspecified atom stereocenters. The van der Waals surface area contributed by atoms with Crippen LogP contribution in [0.25, 0.3) is 11.2 Å². The molecule has 0 aliphatic carbocycles. The highest BCUT2D eigenvalue weighted by molar-refractivity contribution is 6.30. The topological polar surface area (TPSA) is 30.7 Å². The molecule has 0 radical (unpaired) electrons. The zero-order valence-electron chi connectivity index (χ0n) is 11.2. The van der Waals surface area contributed by atoms with E-state index >= 15 is 0 Å². The van der Waals surface area contributed by atoms with E-state index in [9.17, 15) is 4.39 Å². The summed E-state index contributed by atoms with van der Waals surface area (Å²) in [5, 5.41) is -0.152. The number of pyridine rings is 1. The van der Waals surface area contributed by atoms with Gasteiger partial charge in [-0.2, -0.15) is 0 Å². The zero-order valence-corrected chi connectivity index (χ0v) is 12.7. The van der Waals surface area contributed by atoms with Gasteiger partial charge >= 0.3 is 0 Å². The average molecular weight is 324 g/mol.